The molecule has 436 valence electrons. The van der Waals surface area contributed by atoms with E-state index < -0.39 is 22.9 Å². The summed E-state index contributed by atoms with van der Waals surface area (Å²) in [4.78, 5) is 65.4. The van der Waals surface area contributed by atoms with Crippen LogP contribution >= 0.6 is 0 Å². The smallest absolute Gasteiger partial charge is 0.181 e. The number of hydrogen-bond donors (Lipinski definition) is 0. The van der Waals surface area contributed by atoms with E-state index in [4.69, 9.17) is 18.9 Å². The van der Waals surface area contributed by atoms with Crippen molar-refractivity contribution >= 4 is 23.1 Å². The number of benzene rings is 8. The predicted molar refractivity (Wildman–Crippen MR) is 334 cm³/mol. The standard InChI is InChI=1S/2C38H37NO4/c2*1-42-30-23-21-26(22-24-30)33-34(27-13-5-2-6-14-27)39(29-17-9-4-10-18-29)36(35(40)28-15-7-3-8-16-28)38(33)25-43-32-20-12-11-19-31(32)37(38)41/h2*2-3,5-8,11-16,19-24,29,33-34,36H,4,9-10,17-18,25H2,1H3/t2*33-,34-,36-,38+/m10/s1. The lowest BCUT2D eigenvalue weighted by Crippen LogP contribution is -2.57. The number of nitrogens with zero attached hydrogens (tertiary/aromatic N) is 2. The van der Waals surface area contributed by atoms with Gasteiger partial charge < -0.3 is 18.9 Å². The zero-order valence-electron chi connectivity index (χ0n) is 49.0. The lowest BCUT2D eigenvalue weighted by atomic mass is 9.62. The Hall–Kier alpha value is -8.44. The summed E-state index contributed by atoms with van der Waals surface area (Å²) < 4.78 is 24.1. The quantitative estimate of drug-likeness (QED) is 0.110. The van der Waals surface area contributed by atoms with Crippen molar-refractivity contribution in [1.82, 2.24) is 9.80 Å². The topological polar surface area (TPSA) is 112 Å². The van der Waals surface area contributed by atoms with Gasteiger partial charge in [-0.05, 0) is 96.5 Å². The van der Waals surface area contributed by atoms with E-state index in [1.165, 1.54) is 12.8 Å². The molecule has 2 aliphatic carbocycles. The Morgan fingerprint density at radius 2 is 0.721 bits per heavy atom. The van der Waals surface area contributed by atoms with Gasteiger partial charge >= 0.3 is 0 Å². The summed E-state index contributed by atoms with van der Waals surface area (Å²) in [6.45, 7) is 0.269. The number of rotatable bonds is 12. The van der Waals surface area contributed by atoms with E-state index in [0.29, 0.717) is 33.8 Å². The number of ketones is 4. The fraction of sp³-hybridized carbons (Fsp3) is 0.316. The summed E-state index contributed by atoms with van der Waals surface area (Å²) in [6, 6.07) is 69.6. The summed E-state index contributed by atoms with van der Waals surface area (Å²) in [5.74, 6) is 1.97. The molecule has 6 aliphatic rings. The largest absolute Gasteiger partial charge is 0.497 e. The summed E-state index contributed by atoms with van der Waals surface area (Å²) in [5, 5.41) is 0. The first-order chi connectivity index (χ1) is 42.3. The van der Waals surface area contributed by atoms with Crippen LogP contribution in [0, 0.1) is 10.8 Å². The molecule has 0 N–H and O–H groups in total. The second-order valence-corrected chi connectivity index (χ2v) is 24.3. The van der Waals surface area contributed by atoms with Crippen LogP contribution in [0.2, 0.25) is 0 Å². The van der Waals surface area contributed by atoms with E-state index >= 15 is 19.2 Å². The fourth-order valence-corrected chi connectivity index (χ4v) is 16.1. The minimum atomic E-state index is -1.15. The molecule has 8 aromatic carbocycles. The molecular weight excluding hydrogens is 1070 g/mol. The van der Waals surface area contributed by atoms with Gasteiger partial charge in [0.15, 0.2) is 23.1 Å². The van der Waals surface area contributed by atoms with Crippen molar-refractivity contribution in [2.75, 3.05) is 27.4 Å². The Morgan fingerprint density at radius 1 is 0.395 bits per heavy atom. The van der Waals surface area contributed by atoms with Crippen LogP contribution in [-0.2, 0) is 0 Å². The first kappa shape index (κ1) is 56.7. The average molecular weight is 1140 g/mol. The summed E-state index contributed by atoms with van der Waals surface area (Å²) in [5.41, 5.74) is 4.31. The number of carbonyl (C=O) groups is 4. The molecule has 2 saturated heterocycles. The molecule has 2 saturated carbocycles. The van der Waals surface area contributed by atoms with Gasteiger partial charge in [0.25, 0.3) is 0 Å². The van der Waals surface area contributed by atoms with E-state index in [-0.39, 0.29) is 72.3 Å². The highest BCUT2D eigenvalue weighted by atomic mass is 16.5. The minimum Gasteiger partial charge on any atom is -0.497 e. The molecule has 0 amide bonds. The maximum Gasteiger partial charge on any atom is 0.181 e. The zero-order chi connectivity index (χ0) is 58.8. The van der Waals surface area contributed by atoms with Crippen LogP contribution in [0.5, 0.6) is 23.0 Å². The third-order valence-electron chi connectivity index (χ3n) is 19.8. The number of likely N-dealkylation sites (tertiary alicyclic amines) is 2. The third kappa shape index (κ3) is 9.94. The molecule has 14 rings (SSSR count). The Kier molecular flexibility index (Phi) is 16.1. The fourth-order valence-electron chi connectivity index (χ4n) is 16.1. The van der Waals surface area contributed by atoms with E-state index in [1.54, 1.807) is 14.2 Å². The van der Waals surface area contributed by atoms with Crippen LogP contribution in [0.3, 0.4) is 0 Å². The highest BCUT2D eigenvalue weighted by Crippen LogP contribution is 2.64. The molecule has 0 bridgehead atoms. The monoisotopic (exact) mass is 1140 g/mol. The minimum absolute atomic E-state index is 0.0105. The molecule has 86 heavy (non-hydrogen) atoms. The molecule has 2 spiro atoms. The van der Waals surface area contributed by atoms with Gasteiger partial charge in [-0.25, -0.2) is 0 Å². The molecule has 0 aromatic heterocycles. The van der Waals surface area contributed by atoms with Crippen LogP contribution in [0.15, 0.2) is 218 Å². The summed E-state index contributed by atoms with van der Waals surface area (Å²) in [6.07, 6.45) is 10.8. The zero-order valence-corrected chi connectivity index (χ0v) is 49.0. The highest BCUT2D eigenvalue weighted by molar-refractivity contribution is 6.13. The van der Waals surface area contributed by atoms with Gasteiger partial charge in [0.1, 0.15) is 36.2 Å². The van der Waals surface area contributed by atoms with Gasteiger partial charge in [0.05, 0.1) is 48.3 Å². The van der Waals surface area contributed by atoms with Crippen molar-refractivity contribution in [2.45, 2.75) is 112 Å². The van der Waals surface area contributed by atoms with Crippen molar-refractivity contribution in [3.63, 3.8) is 0 Å². The molecule has 4 fully saturated rings. The van der Waals surface area contributed by atoms with Gasteiger partial charge in [-0.2, -0.15) is 0 Å². The van der Waals surface area contributed by atoms with Crippen molar-refractivity contribution < 1.29 is 38.1 Å². The van der Waals surface area contributed by atoms with Crippen LogP contribution in [0.4, 0.5) is 0 Å². The number of fused-ring (bicyclic) bond motifs is 2. The second kappa shape index (κ2) is 24.5. The Labute approximate surface area is 505 Å². The number of para-hydroxylation sites is 2. The molecule has 10 nitrogen and oxygen atoms in total. The van der Waals surface area contributed by atoms with E-state index in [2.05, 4.69) is 82.6 Å². The van der Waals surface area contributed by atoms with Gasteiger partial charge in [-0.1, -0.05) is 208 Å². The van der Waals surface area contributed by atoms with Gasteiger partial charge in [-0.15, -0.1) is 0 Å². The van der Waals surface area contributed by atoms with Crippen molar-refractivity contribution in [3.05, 3.63) is 263 Å². The SMILES string of the molecule is COc1ccc([C@@H]2[C@@H](c3ccccc3)N(C3CCCCC3)[C@H](C(=O)c3ccccc3)[C@]23COc2ccccc2C3=O)cc1.COc1ccc([C@H]2[C@H](c3ccccc3)N(C3CCCCC3)[C@@H](C(=O)c3ccccc3)[C@@]23COc2ccccc2C3=O)cc1. The Morgan fingerprint density at radius 3 is 1.07 bits per heavy atom. The number of ether oxygens (including phenoxy) is 4. The average Bonchev–Trinajstić information content (AvgIpc) is 1.54. The van der Waals surface area contributed by atoms with Crippen LogP contribution in [0.1, 0.15) is 152 Å². The molecule has 8 atom stereocenters. The third-order valence-corrected chi connectivity index (χ3v) is 19.8. The number of hydrogen-bond acceptors (Lipinski definition) is 10. The lowest BCUT2D eigenvalue weighted by molar-refractivity contribution is 0.0285. The van der Waals surface area contributed by atoms with Crippen molar-refractivity contribution in [1.29, 1.82) is 0 Å². The van der Waals surface area contributed by atoms with Gasteiger partial charge in [0.2, 0.25) is 0 Å². The summed E-state index contributed by atoms with van der Waals surface area (Å²) >= 11 is 0. The first-order valence-corrected chi connectivity index (χ1v) is 30.9. The van der Waals surface area contributed by atoms with Crippen molar-refractivity contribution in [2.24, 2.45) is 10.8 Å². The van der Waals surface area contributed by atoms with Gasteiger partial charge in [-0.3, -0.25) is 29.0 Å². The maximum atomic E-state index is 15.2. The molecule has 4 aliphatic heterocycles. The number of carbonyl (C=O) groups excluding carboxylic acids is 4. The van der Waals surface area contributed by atoms with E-state index in [9.17, 15) is 0 Å². The van der Waals surface area contributed by atoms with Crippen LogP contribution < -0.4 is 18.9 Å². The van der Waals surface area contributed by atoms with E-state index in [0.717, 1.165) is 85.1 Å². The summed E-state index contributed by atoms with van der Waals surface area (Å²) in [7, 11) is 3.32. The van der Waals surface area contributed by atoms with Crippen LogP contribution in [0.25, 0.3) is 0 Å². The number of Topliss-reactive ketones (excluding diaryl/α,β-unsaturated/α-hetero) is 4. The van der Waals surface area contributed by atoms with Crippen LogP contribution in [-0.4, -0.2) is 84.5 Å². The molecule has 10 heteroatoms. The lowest BCUT2D eigenvalue weighted by Gasteiger charge is -2.43. The highest BCUT2D eigenvalue weighted by Gasteiger charge is 2.70. The molecular formula is C76H74N2O8. The number of methoxy groups -OCH3 is 2. The van der Waals surface area contributed by atoms with Crippen molar-refractivity contribution in [3.8, 4) is 23.0 Å². The molecule has 4 heterocycles. The second-order valence-electron chi connectivity index (χ2n) is 24.3. The van der Waals surface area contributed by atoms with Gasteiger partial charge in [0, 0.05) is 47.1 Å². The normalized spacial score (nSPS) is 25.7. The Bertz CT molecular complexity index is 3440. The van der Waals surface area contributed by atoms with E-state index in [1.807, 2.05) is 146 Å². The molecule has 0 radical (unpaired) electrons. The maximum absolute atomic E-state index is 15.2. The Balaban J connectivity index is 0.000000160. The molecule has 8 aromatic rings. The molecule has 0 unspecified atom stereocenters. The predicted octanol–water partition coefficient (Wildman–Crippen LogP) is 15.4. The first-order valence-electron chi connectivity index (χ1n) is 30.9.